The van der Waals surface area contributed by atoms with Gasteiger partial charge in [-0.1, -0.05) is 12.1 Å². The minimum Gasteiger partial charge on any atom is -0.497 e. The molecule has 0 unspecified atom stereocenters. The molecule has 0 radical (unpaired) electrons. The fourth-order valence-corrected chi connectivity index (χ4v) is 1.85. The average Bonchev–Trinajstić information content (AvgIpc) is 2.46. The number of halogens is 1. The van der Waals surface area contributed by atoms with E-state index in [1.807, 2.05) is 0 Å². The van der Waals surface area contributed by atoms with Gasteiger partial charge in [0.2, 0.25) is 0 Å². The van der Waals surface area contributed by atoms with Crippen molar-refractivity contribution in [1.29, 1.82) is 0 Å². The van der Waals surface area contributed by atoms with Crippen LogP contribution < -0.4 is 9.47 Å². The first kappa shape index (κ1) is 14.3. The fraction of sp³-hybridized carbons (Fsp3) is 0.250. The topological polar surface area (TPSA) is 38.7 Å². The molecule has 4 heteroatoms. The second-order valence-corrected chi connectivity index (χ2v) is 4.49. The maximum Gasteiger partial charge on any atom is 0.129 e. The smallest absolute Gasteiger partial charge is 0.129 e. The highest BCUT2D eigenvalue weighted by Crippen LogP contribution is 2.30. The maximum atomic E-state index is 12.8. The number of benzene rings is 2. The Morgan fingerprint density at radius 3 is 2.45 bits per heavy atom. The van der Waals surface area contributed by atoms with Gasteiger partial charge in [-0.3, -0.25) is 0 Å². The molecule has 2 aromatic rings. The van der Waals surface area contributed by atoms with Crippen LogP contribution in [0.3, 0.4) is 0 Å². The zero-order valence-electron chi connectivity index (χ0n) is 11.5. The molecular formula is C16H17FO3. The van der Waals surface area contributed by atoms with Crippen molar-refractivity contribution in [2.75, 3.05) is 7.11 Å². The van der Waals surface area contributed by atoms with E-state index >= 15 is 0 Å². The summed E-state index contributed by atoms with van der Waals surface area (Å²) >= 11 is 0. The van der Waals surface area contributed by atoms with Crippen LogP contribution >= 0.6 is 0 Å². The monoisotopic (exact) mass is 276 g/mol. The maximum absolute atomic E-state index is 12.8. The number of hydrogen-bond acceptors (Lipinski definition) is 3. The minimum atomic E-state index is -0.635. The molecule has 1 atom stereocenters. The van der Waals surface area contributed by atoms with Crippen molar-refractivity contribution in [3.05, 3.63) is 59.4 Å². The summed E-state index contributed by atoms with van der Waals surface area (Å²) in [6, 6.07) is 11.4. The molecule has 0 amide bonds. The van der Waals surface area contributed by atoms with Gasteiger partial charge in [0.25, 0.3) is 0 Å². The van der Waals surface area contributed by atoms with Gasteiger partial charge in [0.1, 0.15) is 23.9 Å². The number of aliphatic hydroxyl groups is 1. The lowest BCUT2D eigenvalue weighted by Gasteiger charge is -2.14. The summed E-state index contributed by atoms with van der Waals surface area (Å²) in [7, 11) is 1.57. The molecule has 0 saturated carbocycles. The fourth-order valence-electron chi connectivity index (χ4n) is 1.85. The van der Waals surface area contributed by atoms with Crippen LogP contribution in [0.15, 0.2) is 42.5 Å². The first-order valence-corrected chi connectivity index (χ1v) is 6.33. The molecule has 0 heterocycles. The average molecular weight is 276 g/mol. The number of methoxy groups -OCH3 is 1. The lowest BCUT2D eigenvalue weighted by Crippen LogP contribution is -2.01. The Labute approximate surface area is 117 Å². The summed E-state index contributed by atoms with van der Waals surface area (Å²) < 4.78 is 23.7. The molecule has 0 fully saturated rings. The Bertz CT molecular complexity index is 564. The Hall–Kier alpha value is -2.07. The summed E-state index contributed by atoms with van der Waals surface area (Å²) in [4.78, 5) is 0. The van der Waals surface area contributed by atoms with Gasteiger partial charge >= 0.3 is 0 Å². The lowest BCUT2D eigenvalue weighted by molar-refractivity contribution is 0.190. The summed E-state index contributed by atoms with van der Waals surface area (Å²) in [5.74, 6) is 0.937. The van der Waals surface area contributed by atoms with Gasteiger partial charge in [0.05, 0.1) is 13.2 Å². The quantitative estimate of drug-likeness (QED) is 0.908. The summed E-state index contributed by atoms with van der Waals surface area (Å²) in [5.41, 5.74) is 1.54. The number of aliphatic hydroxyl groups excluding tert-OH is 1. The van der Waals surface area contributed by atoms with Gasteiger partial charge in [-0.05, 0) is 36.8 Å². The molecule has 0 aliphatic carbocycles. The Morgan fingerprint density at radius 2 is 1.85 bits per heavy atom. The zero-order chi connectivity index (χ0) is 14.5. The second-order valence-electron chi connectivity index (χ2n) is 4.49. The largest absolute Gasteiger partial charge is 0.497 e. The summed E-state index contributed by atoms with van der Waals surface area (Å²) in [6.45, 7) is 1.97. The molecule has 0 saturated heterocycles. The van der Waals surface area contributed by atoms with E-state index in [-0.39, 0.29) is 5.82 Å². The molecule has 1 N–H and O–H groups in total. The molecular weight excluding hydrogens is 259 g/mol. The van der Waals surface area contributed by atoms with Gasteiger partial charge in [0.15, 0.2) is 0 Å². The molecule has 0 spiro atoms. The molecule has 2 rings (SSSR count). The molecule has 2 aromatic carbocycles. The van der Waals surface area contributed by atoms with Gasteiger partial charge in [-0.2, -0.15) is 0 Å². The van der Waals surface area contributed by atoms with Crippen molar-refractivity contribution in [2.24, 2.45) is 0 Å². The van der Waals surface area contributed by atoms with Crippen LogP contribution in [-0.4, -0.2) is 12.2 Å². The number of hydrogen-bond donors (Lipinski definition) is 1. The number of rotatable bonds is 5. The Balaban J connectivity index is 2.16. The zero-order valence-corrected chi connectivity index (χ0v) is 11.5. The van der Waals surface area contributed by atoms with Crippen LogP contribution in [0.1, 0.15) is 24.2 Å². The van der Waals surface area contributed by atoms with Crippen LogP contribution in [0.4, 0.5) is 4.39 Å². The van der Waals surface area contributed by atoms with E-state index in [2.05, 4.69) is 0 Å². The third-order valence-electron chi connectivity index (χ3n) is 2.98. The van der Waals surface area contributed by atoms with Gasteiger partial charge in [-0.15, -0.1) is 0 Å². The van der Waals surface area contributed by atoms with Crippen molar-refractivity contribution < 1.29 is 19.0 Å². The molecule has 0 aliphatic rings. The highest BCUT2D eigenvalue weighted by molar-refractivity contribution is 5.42. The van der Waals surface area contributed by atoms with Crippen molar-refractivity contribution in [2.45, 2.75) is 19.6 Å². The van der Waals surface area contributed by atoms with Crippen LogP contribution in [-0.2, 0) is 6.61 Å². The first-order chi connectivity index (χ1) is 9.60. The van der Waals surface area contributed by atoms with E-state index in [0.717, 1.165) is 5.56 Å². The lowest BCUT2D eigenvalue weighted by atomic mass is 10.1. The molecule has 106 valence electrons. The molecule has 0 aromatic heterocycles. The third kappa shape index (κ3) is 3.48. The van der Waals surface area contributed by atoms with E-state index in [9.17, 15) is 9.50 Å². The molecule has 20 heavy (non-hydrogen) atoms. The van der Waals surface area contributed by atoms with Gasteiger partial charge in [0, 0.05) is 11.6 Å². The third-order valence-corrected chi connectivity index (χ3v) is 2.98. The van der Waals surface area contributed by atoms with Crippen LogP contribution in [0.25, 0.3) is 0 Å². The van der Waals surface area contributed by atoms with Gasteiger partial charge in [-0.25, -0.2) is 4.39 Å². The highest BCUT2D eigenvalue weighted by Gasteiger charge is 2.11. The van der Waals surface area contributed by atoms with E-state index in [0.29, 0.717) is 23.7 Å². The van der Waals surface area contributed by atoms with E-state index in [1.54, 1.807) is 44.4 Å². The van der Waals surface area contributed by atoms with E-state index < -0.39 is 6.10 Å². The second kappa shape index (κ2) is 6.39. The normalized spacial score (nSPS) is 12.0. The van der Waals surface area contributed by atoms with Crippen molar-refractivity contribution in [3.63, 3.8) is 0 Å². The van der Waals surface area contributed by atoms with Crippen LogP contribution in [0, 0.1) is 5.82 Å². The SMILES string of the molecule is COc1ccc([C@H](C)O)c(OCc2ccc(F)cc2)c1. The predicted octanol–water partition coefficient (Wildman–Crippen LogP) is 3.47. The van der Waals surface area contributed by atoms with Crippen molar-refractivity contribution >= 4 is 0 Å². The highest BCUT2D eigenvalue weighted by atomic mass is 19.1. The van der Waals surface area contributed by atoms with Crippen LogP contribution in [0.2, 0.25) is 0 Å². The van der Waals surface area contributed by atoms with Gasteiger partial charge < -0.3 is 14.6 Å². The Morgan fingerprint density at radius 1 is 1.15 bits per heavy atom. The molecule has 3 nitrogen and oxygen atoms in total. The summed E-state index contributed by atoms with van der Waals surface area (Å²) in [6.07, 6.45) is -0.635. The predicted molar refractivity (Wildman–Crippen MR) is 74.4 cm³/mol. The standard InChI is InChI=1S/C16H17FO3/c1-11(18)15-8-7-14(19-2)9-16(15)20-10-12-3-5-13(17)6-4-12/h3-9,11,18H,10H2,1-2H3/t11-/m0/s1. The molecule has 0 bridgehead atoms. The van der Waals surface area contributed by atoms with Crippen LogP contribution in [0.5, 0.6) is 11.5 Å². The Kier molecular flexibility index (Phi) is 4.58. The van der Waals surface area contributed by atoms with Crippen molar-refractivity contribution in [3.8, 4) is 11.5 Å². The van der Waals surface area contributed by atoms with E-state index in [4.69, 9.17) is 9.47 Å². The minimum absolute atomic E-state index is 0.278. The summed E-state index contributed by atoms with van der Waals surface area (Å²) in [5, 5.41) is 9.73. The molecule has 0 aliphatic heterocycles. The number of ether oxygens (including phenoxy) is 2. The first-order valence-electron chi connectivity index (χ1n) is 6.33. The van der Waals surface area contributed by atoms with E-state index in [1.165, 1.54) is 12.1 Å². The van der Waals surface area contributed by atoms with Crippen molar-refractivity contribution in [1.82, 2.24) is 0 Å².